The molecule has 1 fully saturated rings. The standard InChI is InChI=1S/C12H23NO7/c1-5(2)3-6(13)11(17)20-10-9(16)8(15)7(4-14)19-12(10)18/h5-10,12,14-16,18H,3-4,13H2,1-2H3/t6-,7+,8+,9-,10+,12?/m0/s1. The van der Waals surface area contributed by atoms with Gasteiger partial charge in [-0.1, -0.05) is 13.8 Å². The molecule has 1 heterocycles. The van der Waals surface area contributed by atoms with E-state index in [9.17, 15) is 20.1 Å². The van der Waals surface area contributed by atoms with Crippen LogP contribution in [0.25, 0.3) is 0 Å². The molecule has 0 aromatic rings. The Balaban J connectivity index is 2.64. The van der Waals surface area contributed by atoms with E-state index in [1.165, 1.54) is 0 Å². The summed E-state index contributed by atoms with van der Waals surface area (Å²) < 4.78 is 9.78. The minimum absolute atomic E-state index is 0.180. The van der Waals surface area contributed by atoms with Crippen LogP contribution in [0.5, 0.6) is 0 Å². The first-order chi connectivity index (χ1) is 9.27. The number of aliphatic hydroxyl groups is 4. The Bertz CT molecular complexity index is 325. The molecule has 0 amide bonds. The van der Waals surface area contributed by atoms with Crippen molar-refractivity contribution in [1.82, 2.24) is 0 Å². The van der Waals surface area contributed by atoms with Crippen molar-refractivity contribution < 1.29 is 34.7 Å². The molecule has 0 aromatic carbocycles. The van der Waals surface area contributed by atoms with Crippen molar-refractivity contribution >= 4 is 5.97 Å². The minimum atomic E-state index is -1.64. The number of ether oxygens (including phenoxy) is 2. The summed E-state index contributed by atoms with van der Waals surface area (Å²) in [5.74, 6) is -0.612. The van der Waals surface area contributed by atoms with Crippen molar-refractivity contribution in [1.29, 1.82) is 0 Å². The van der Waals surface area contributed by atoms with Crippen molar-refractivity contribution in [3.63, 3.8) is 0 Å². The molecule has 1 aliphatic heterocycles. The first-order valence-corrected chi connectivity index (χ1v) is 6.54. The molecule has 1 saturated heterocycles. The molecular formula is C12H23NO7. The van der Waals surface area contributed by atoms with Crippen LogP contribution in [-0.4, -0.2) is 69.8 Å². The van der Waals surface area contributed by atoms with Crippen LogP contribution in [0.15, 0.2) is 0 Å². The molecule has 118 valence electrons. The van der Waals surface area contributed by atoms with E-state index in [1.54, 1.807) is 0 Å². The Morgan fingerprint density at radius 1 is 1.30 bits per heavy atom. The number of carbonyl (C=O) groups is 1. The minimum Gasteiger partial charge on any atom is -0.453 e. The highest BCUT2D eigenvalue weighted by atomic mass is 16.7. The first-order valence-electron chi connectivity index (χ1n) is 6.54. The Kier molecular flexibility index (Phi) is 6.31. The van der Waals surface area contributed by atoms with Gasteiger partial charge in [0.05, 0.1) is 6.61 Å². The van der Waals surface area contributed by atoms with Gasteiger partial charge < -0.3 is 35.6 Å². The van der Waals surface area contributed by atoms with Gasteiger partial charge >= 0.3 is 5.97 Å². The molecule has 0 saturated carbocycles. The van der Waals surface area contributed by atoms with Gasteiger partial charge in [-0.25, -0.2) is 0 Å². The van der Waals surface area contributed by atoms with Crippen molar-refractivity contribution in [3.8, 4) is 0 Å². The summed E-state index contributed by atoms with van der Waals surface area (Å²) in [6.45, 7) is 3.19. The van der Waals surface area contributed by atoms with E-state index in [-0.39, 0.29) is 5.92 Å². The molecule has 0 aliphatic carbocycles. The highest BCUT2D eigenvalue weighted by Crippen LogP contribution is 2.22. The van der Waals surface area contributed by atoms with Crippen LogP contribution in [-0.2, 0) is 14.3 Å². The molecule has 0 aromatic heterocycles. The highest BCUT2D eigenvalue weighted by Gasteiger charge is 2.46. The molecule has 20 heavy (non-hydrogen) atoms. The van der Waals surface area contributed by atoms with Crippen LogP contribution in [0.4, 0.5) is 0 Å². The average Bonchev–Trinajstić information content (AvgIpc) is 2.37. The van der Waals surface area contributed by atoms with Gasteiger partial charge in [0.1, 0.15) is 24.4 Å². The first kappa shape index (κ1) is 17.3. The molecular weight excluding hydrogens is 270 g/mol. The van der Waals surface area contributed by atoms with Crippen LogP contribution in [0.3, 0.4) is 0 Å². The van der Waals surface area contributed by atoms with Crippen LogP contribution in [0.1, 0.15) is 20.3 Å². The topological polar surface area (TPSA) is 142 Å². The molecule has 1 aliphatic rings. The summed E-state index contributed by atoms with van der Waals surface area (Å²) in [6.07, 6.45) is -6.87. The predicted octanol–water partition coefficient (Wildman–Crippen LogP) is -2.30. The third kappa shape index (κ3) is 4.11. The van der Waals surface area contributed by atoms with Crippen molar-refractivity contribution in [3.05, 3.63) is 0 Å². The van der Waals surface area contributed by atoms with Gasteiger partial charge in [0.15, 0.2) is 12.4 Å². The van der Waals surface area contributed by atoms with Crippen molar-refractivity contribution in [2.45, 2.75) is 57.0 Å². The maximum Gasteiger partial charge on any atom is 0.323 e. The van der Waals surface area contributed by atoms with Gasteiger partial charge in [-0.05, 0) is 12.3 Å². The molecule has 0 radical (unpaired) electrons. The number of rotatable bonds is 5. The number of carbonyl (C=O) groups excluding carboxylic acids is 1. The second-order valence-corrected chi connectivity index (χ2v) is 5.37. The fraction of sp³-hybridized carbons (Fsp3) is 0.917. The van der Waals surface area contributed by atoms with E-state index in [4.69, 9.17) is 20.3 Å². The summed E-state index contributed by atoms with van der Waals surface area (Å²) in [5, 5.41) is 38.0. The van der Waals surface area contributed by atoms with E-state index < -0.39 is 49.3 Å². The average molecular weight is 293 g/mol. The molecule has 0 spiro atoms. The van der Waals surface area contributed by atoms with Crippen molar-refractivity contribution in [2.24, 2.45) is 11.7 Å². The second kappa shape index (κ2) is 7.30. The maximum atomic E-state index is 11.7. The van der Waals surface area contributed by atoms with Crippen molar-refractivity contribution in [2.75, 3.05) is 6.61 Å². The van der Waals surface area contributed by atoms with Gasteiger partial charge in [0.2, 0.25) is 0 Å². The lowest BCUT2D eigenvalue weighted by molar-refractivity contribution is -0.291. The molecule has 6 atom stereocenters. The van der Waals surface area contributed by atoms with Crippen LogP contribution in [0, 0.1) is 5.92 Å². The lowest BCUT2D eigenvalue weighted by Crippen LogP contribution is -2.60. The van der Waals surface area contributed by atoms with Crippen LogP contribution < -0.4 is 5.73 Å². The zero-order valence-corrected chi connectivity index (χ0v) is 11.5. The fourth-order valence-corrected chi connectivity index (χ4v) is 2.02. The number of esters is 1. The number of nitrogens with two attached hydrogens (primary N) is 1. The number of aliphatic hydroxyl groups excluding tert-OH is 4. The van der Waals surface area contributed by atoms with E-state index in [2.05, 4.69) is 0 Å². The summed E-state index contributed by atoms with van der Waals surface area (Å²) >= 11 is 0. The largest absolute Gasteiger partial charge is 0.453 e. The Morgan fingerprint density at radius 3 is 2.40 bits per heavy atom. The SMILES string of the molecule is CC(C)C[C@H](N)C(=O)O[C@H]1C(O)O[C@H](CO)[C@@H](O)[C@@H]1O. The third-order valence-corrected chi connectivity index (χ3v) is 3.12. The lowest BCUT2D eigenvalue weighted by atomic mass is 9.99. The van der Waals surface area contributed by atoms with E-state index in [0.717, 1.165) is 0 Å². The molecule has 8 nitrogen and oxygen atoms in total. The van der Waals surface area contributed by atoms with Gasteiger partial charge in [-0.15, -0.1) is 0 Å². The Hall–Kier alpha value is -0.770. The highest BCUT2D eigenvalue weighted by molar-refractivity contribution is 5.75. The molecule has 1 rings (SSSR count). The molecule has 0 bridgehead atoms. The predicted molar refractivity (Wildman–Crippen MR) is 67.3 cm³/mol. The third-order valence-electron chi connectivity index (χ3n) is 3.12. The Morgan fingerprint density at radius 2 is 1.90 bits per heavy atom. The summed E-state index contributed by atoms with van der Waals surface area (Å²) in [5.41, 5.74) is 5.63. The molecule has 8 heteroatoms. The summed E-state index contributed by atoms with van der Waals surface area (Å²) in [7, 11) is 0. The number of hydrogen-bond acceptors (Lipinski definition) is 8. The van der Waals surface area contributed by atoms with E-state index in [1.807, 2.05) is 13.8 Å². The zero-order valence-electron chi connectivity index (χ0n) is 11.5. The summed E-state index contributed by atoms with van der Waals surface area (Å²) in [6, 6.07) is -0.887. The van der Waals surface area contributed by atoms with E-state index in [0.29, 0.717) is 6.42 Å². The quantitative estimate of drug-likeness (QED) is 0.356. The zero-order chi connectivity index (χ0) is 15.4. The smallest absolute Gasteiger partial charge is 0.323 e. The van der Waals surface area contributed by atoms with Crippen LogP contribution >= 0.6 is 0 Å². The lowest BCUT2D eigenvalue weighted by Gasteiger charge is -2.39. The second-order valence-electron chi connectivity index (χ2n) is 5.37. The van der Waals surface area contributed by atoms with Gasteiger partial charge in [-0.2, -0.15) is 0 Å². The molecule has 1 unspecified atom stereocenters. The molecule has 6 N–H and O–H groups in total. The van der Waals surface area contributed by atoms with Gasteiger partial charge in [-0.3, -0.25) is 4.79 Å². The fourth-order valence-electron chi connectivity index (χ4n) is 2.02. The Labute approximate surface area is 117 Å². The summed E-state index contributed by atoms with van der Waals surface area (Å²) in [4.78, 5) is 11.7. The van der Waals surface area contributed by atoms with Gasteiger partial charge in [0, 0.05) is 0 Å². The van der Waals surface area contributed by atoms with Crippen LogP contribution in [0.2, 0.25) is 0 Å². The van der Waals surface area contributed by atoms with Gasteiger partial charge in [0.25, 0.3) is 0 Å². The maximum absolute atomic E-state index is 11.7. The number of hydrogen-bond donors (Lipinski definition) is 5. The monoisotopic (exact) mass is 293 g/mol. The van der Waals surface area contributed by atoms with E-state index >= 15 is 0 Å². The normalized spacial score (nSPS) is 35.9.